The molecule has 142 valence electrons. The topological polar surface area (TPSA) is 104 Å². The lowest BCUT2D eigenvalue weighted by molar-refractivity contribution is 0.419. The average Bonchev–Trinajstić information content (AvgIpc) is 3.14. The van der Waals surface area contributed by atoms with Crippen molar-refractivity contribution in [3.8, 4) is 17.1 Å². The Kier molecular flexibility index (Phi) is 4.56. The minimum atomic E-state index is -0.0890. The SMILES string of the molecule is COc1cc(-c2ncn(C)n2)cc2c(N[C@H](C)c3ccc(C)nn3)ncnc12. The molecular formula is C19H20N8O. The summed E-state index contributed by atoms with van der Waals surface area (Å²) in [5.41, 5.74) is 3.24. The second kappa shape index (κ2) is 7.18. The summed E-state index contributed by atoms with van der Waals surface area (Å²) in [5, 5.41) is 17.0. The van der Waals surface area contributed by atoms with Gasteiger partial charge in [-0.3, -0.25) is 4.68 Å². The molecule has 3 heterocycles. The molecule has 0 bridgehead atoms. The number of nitrogens with one attached hydrogen (secondary N) is 1. The zero-order chi connectivity index (χ0) is 19.7. The first-order valence-corrected chi connectivity index (χ1v) is 8.80. The number of anilines is 1. The van der Waals surface area contributed by atoms with E-state index in [1.807, 2.05) is 45.2 Å². The summed E-state index contributed by atoms with van der Waals surface area (Å²) in [6, 6.07) is 7.64. The molecule has 1 aromatic carbocycles. The first-order chi connectivity index (χ1) is 13.5. The van der Waals surface area contributed by atoms with E-state index in [0.717, 1.165) is 22.3 Å². The molecule has 28 heavy (non-hydrogen) atoms. The highest BCUT2D eigenvalue weighted by Crippen LogP contribution is 2.33. The van der Waals surface area contributed by atoms with Gasteiger partial charge in [-0.15, -0.1) is 0 Å². The van der Waals surface area contributed by atoms with Gasteiger partial charge in [0.15, 0.2) is 5.82 Å². The first kappa shape index (κ1) is 17.8. The van der Waals surface area contributed by atoms with Crippen LogP contribution in [0.15, 0.2) is 36.9 Å². The van der Waals surface area contributed by atoms with Gasteiger partial charge >= 0.3 is 0 Å². The molecule has 0 unspecified atom stereocenters. The van der Waals surface area contributed by atoms with Crippen LogP contribution in [0.4, 0.5) is 5.82 Å². The van der Waals surface area contributed by atoms with Gasteiger partial charge in [-0.05, 0) is 38.1 Å². The minimum Gasteiger partial charge on any atom is -0.494 e. The Balaban J connectivity index is 1.78. The first-order valence-electron chi connectivity index (χ1n) is 8.80. The molecule has 0 fully saturated rings. The van der Waals surface area contributed by atoms with Crippen molar-refractivity contribution in [3.05, 3.63) is 48.3 Å². The molecule has 0 saturated heterocycles. The van der Waals surface area contributed by atoms with Gasteiger partial charge < -0.3 is 10.1 Å². The van der Waals surface area contributed by atoms with Crippen LogP contribution in [0.3, 0.4) is 0 Å². The molecule has 0 amide bonds. The number of hydrogen-bond donors (Lipinski definition) is 1. The van der Waals surface area contributed by atoms with Crippen molar-refractivity contribution in [2.45, 2.75) is 19.9 Å². The van der Waals surface area contributed by atoms with Gasteiger partial charge in [0, 0.05) is 18.0 Å². The number of aryl methyl sites for hydroxylation is 2. The molecule has 9 heteroatoms. The van der Waals surface area contributed by atoms with Gasteiger partial charge in [-0.2, -0.15) is 15.3 Å². The number of nitrogens with zero attached hydrogens (tertiary/aromatic N) is 7. The molecule has 1 atom stereocenters. The highest BCUT2D eigenvalue weighted by molar-refractivity contribution is 5.96. The molecule has 0 radical (unpaired) electrons. The van der Waals surface area contributed by atoms with Crippen LogP contribution in [-0.4, -0.2) is 42.0 Å². The third kappa shape index (κ3) is 3.34. The lowest BCUT2D eigenvalue weighted by Crippen LogP contribution is -2.11. The van der Waals surface area contributed by atoms with Crippen LogP contribution in [0.25, 0.3) is 22.3 Å². The summed E-state index contributed by atoms with van der Waals surface area (Å²) >= 11 is 0. The Bertz CT molecular complexity index is 1120. The standard InChI is InChI=1S/C19H20N8O/c1-11-5-6-15(25-24-11)12(2)23-19-14-7-13(18-22-10-27(3)26-18)8-16(28-4)17(14)20-9-21-19/h5-10,12H,1-4H3,(H,20,21,23)/t12-/m1/s1. The third-order valence-electron chi connectivity index (χ3n) is 4.40. The summed E-state index contributed by atoms with van der Waals surface area (Å²) in [4.78, 5) is 13.2. The zero-order valence-corrected chi connectivity index (χ0v) is 16.1. The number of rotatable bonds is 5. The van der Waals surface area contributed by atoms with E-state index in [9.17, 15) is 0 Å². The Labute approximate surface area is 161 Å². The van der Waals surface area contributed by atoms with Crippen LogP contribution in [0.5, 0.6) is 5.75 Å². The number of hydrogen-bond acceptors (Lipinski definition) is 8. The Morgan fingerprint density at radius 3 is 2.64 bits per heavy atom. The van der Waals surface area contributed by atoms with Crippen LogP contribution in [0, 0.1) is 6.92 Å². The zero-order valence-electron chi connectivity index (χ0n) is 16.1. The van der Waals surface area contributed by atoms with Gasteiger partial charge in [0.1, 0.15) is 29.7 Å². The van der Waals surface area contributed by atoms with E-state index in [1.54, 1.807) is 18.1 Å². The maximum Gasteiger partial charge on any atom is 0.181 e. The van der Waals surface area contributed by atoms with E-state index >= 15 is 0 Å². The lowest BCUT2D eigenvalue weighted by atomic mass is 10.1. The fraction of sp³-hybridized carbons (Fsp3) is 0.263. The largest absolute Gasteiger partial charge is 0.494 e. The predicted octanol–water partition coefficient (Wildman–Crippen LogP) is 2.71. The molecule has 3 aromatic heterocycles. The summed E-state index contributed by atoms with van der Waals surface area (Å²) in [7, 11) is 3.44. The van der Waals surface area contributed by atoms with E-state index in [2.05, 4.69) is 35.6 Å². The molecule has 9 nitrogen and oxygen atoms in total. The van der Waals surface area contributed by atoms with Crippen molar-refractivity contribution in [2.75, 3.05) is 12.4 Å². The van der Waals surface area contributed by atoms with E-state index < -0.39 is 0 Å². The maximum absolute atomic E-state index is 5.55. The van der Waals surface area contributed by atoms with Crippen molar-refractivity contribution in [1.29, 1.82) is 0 Å². The Morgan fingerprint density at radius 1 is 1.11 bits per heavy atom. The third-order valence-corrected chi connectivity index (χ3v) is 4.40. The highest BCUT2D eigenvalue weighted by atomic mass is 16.5. The van der Waals surface area contributed by atoms with Crippen LogP contribution in [0.1, 0.15) is 24.4 Å². The fourth-order valence-electron chi connectivity index (χ4n) is 2.93. The van der Waals surface area contributed by atoms with Crippen molar-refractivity contribution in [2.24, 2.45) is 7.05 Å². The smallest absolute Gasteiger partial charge is 0.181 e. The number of fused-ring (bicyclic) bond motifs is 1. The maximum atomic E-state index is 5.55. The summed E-state index contributed by atoms with van der Waals surface area (Å²) in [6.07, 6.45) is 3.17. The minimum absolute atomic E-state index is 0.0890. The molecule has 0 saturated carbocycles. The summed E-state index contributed by atoms with van der Waals surface area (Å²) in [5.74, 6) is 1.92. The van der Waals surface area contributed by atoms with Crippen molar-refractivity contribution in [1.82, 2.24) is 34.9 Å². The number of aromatic nitrogens is 7. The van der Waals surface area contributed by atoms with E-state index in [0.29, 0.717) is 22.9 Å². The molecule has 4 aromatic rings. The Hall–Kier alpha value is -3.62. The van der Waals surface area contributed by atoms with Gasteiger partial charge in [0.25, 0.3) is 0 Å². The second-order valence-electron chi connectivity index (χ2n) is 6.50. The van der Waals surface area contributed by atoms with Gasteiger partial charge in [-0.25, -0.2) is 15.0 Å². The fourth-order valence-corrected chi connectivity index (χ4v) is 2.93. The number of benzene rings is 1. The Morgan fingerprint density at radius 2 is 1.96 bits per heavy atom. The molecule has 4 rings (SSSR count). The summed E-state index contributed by atoms with van der Waals surface area (Å²) < 4.78 is 7.21. The van der Waals surface area contributed by atoms with Gasteiger partial charge in [-0.1, -0.05) is 0 Å². The molecule has 0 aliphatic carbocycles. The quantitative estimate of drug-likeness (QED) is 0.567. The highest BCUT2D eigenvalue weighted by Gasteiger charge is 2.16. The van der Waals surface area contributed by atoms with Crippen LogP contribution in [-0.2, 0) is 7.05 Å². The molecule has 0 spiro atoms. The van der Waals surface area contributed by atoms with E-state index in [-0.39, 0.29) is 6.04 Å². The average molecular weight is 376 g/mol. The lowest BCUT2D eigenvalue weighted by Gasteiger charge is -2.16. The molecule has 1 N–H and O–H groups in total. The number of ether oxygens (including phenoxy) is 1. The van der Waals surface area contributed by atoms with Crippen LogP contribution < -0.4 is 10.1 Å². The molecule has 0 aliphatic heterocycles. The second-order valence-corrected chi connectivity index (χ2v) is 6.50. The summed E-state index contributed by atoms with van der Waals surface area (Å²) in [6.45, 7) is 3.92. The number of methoxy groups -OCH3 is 1. The van der Waals surface area contributed by atoms with Gasteiger partial charge in [0.05, 0.1) is 24.5 Å². The predicted molar refractivity (Wildman–Crippen MR) is 105 cm³/mol. The van der Waals surface area contributed by atoms with Crippen molar-refractivity contribution >= 4 is 16.7 Å². The van der Waals surface area contributed by atoms with Crippen LogP contribution >= 0.6 is 0 Å². The monoisotopic (exact) mass is 376 g/mol. The van der Waals surface area contributed by atoms with Crippen LogP contribution in [0.2, 0.25) is 0 Å². The van der Waals surface area contributed by atoms with Gasteiger partial charge in [0.2, 0.25) is 0 Å². The van der Waals surface area contributed by atoms with Crippen molar-refractivity contribution < 1.29 is 4.74 Å². The van der Waals surface area contributed by atoms with E-state index in [1.165, 1.54) is 6.33 Å². The molecular weight excluding hydrogens is 356 g/mol. The normalized spacial score (nSPS) is 12.1. The molecule has 0 aliphatic rings. The van der Waals surface area contributed by atoms with Crippen molar-refractivity contribution in [3.63, 3.8) is 0 Å². The van der Waals surface area contributed by atoms with E-state index in [4.69, 9.17) is 4.74 Å².